The zero-order valence-electron chi connectivity index (χ0n) is 22.2. The Balaban J connectivity index is 1.47. The fourth-order valence-corrected chi connectivity index (χ4v) is 5.61. The molecule has 4 atom stereocenters. The maximum atomic E-state index is 12.7. The average Bonchev–Trinajstić information content (AvgIpc) is 3.49. The van der Waals surface area contributed by atoms with Crippen molar-refractivity contribution in [2.75, 3.05) is 30.3 Å². The number of hydrogen-bond donors (Lipinski definition) is 5. The van der Waals surface area contributed by atoms with Gasteiger partial charge < -0.3 is 25.6 Å². The normalized spacial score (nSPS) is 21.6. The van der Waals surface area contributed by atoms with Gasteiger partial charge in [-0.15, -0.1) is 0 Å². The third-order valence-corrected chi connectivity index (χ3v) is 8.18. The molecule has 0 saturated carbocycles. The van der Waals surface area contributed by atoms with Crippen LogP contribution in [-0.2, 0) is 19.6 Å². The van der Waals surface area contributed by atoms with Gasteiger partial charge in [0.25, 0.3) is 5.91 Å². The number of anilines is 2. The number of carbonyl (C=O) groups excluding carboxylic acids is 2. The van der Waals surface area contributed by atoms with Crippen molar-refractivity contribution < 1.29 is 34.3 Å². The largest absolute Gasteiger partial charge is 0.387 e. The number of likely N-dealkylation sites (N-methyl/N-ethyl adjacent to an activating group) is 1. The first-order valence-corrected chi connectivity index (χ1v) is 13.5. The van der Waals surface area contributed by atoms with Gasteiger partial charge in [-0.05, 0) is 31.2 Å². The van der Waals surface area contributed by atoms with Crippen LogP contribution in [0.5, 0.6) is 0 Å². The molecule has 1 fully saturated rings. The van der Waals surface area contributed by atoms with Crippen LogP contribution in [0.3, 0.4) is 0 Å². The van der Waals surface area contributed by atoms with E-state index in [9.17, 15) is 28.2 Å². The van der Waals surface area contributed by atoms with E-state index in [0.29, 0.717) is 18.8 Å². The highest BCUT2D eigenvalue weighted by Gasteiger charge is 2.47. The molecular formula is C23H30N8O7S. The highest BCUT2D eigenvalue weighted by atomic mass is 32.2. The molecule has 0 bridgehead atoms. The molecule has 210 valence electrons. The fraction of sp³-hybridized carbons (Fsp3) is 0.435. The number of aliphatic hydroxyl groups excluding tert-OH is 2. The Bertz CT molecular complexity index is 1470. The number of benzene rings is 1. The molecule has 1 aromatic carbocycles. The highest BCUT2D eigenvalue weighted by molar-refractivity contribution is 7.89. The van der Waals surface area contributed by atoms with Crippen LogP contribution in [0.4, 0.5) is 16.3 Å². The van der Waals surface area contributed by atoms with E-state index in [4.69, 9.17) is 6.11 Å². The number of ether oxygens (including phenoxy) is 1. The summed E-state index contributed by atoms with van der Waals surface area (Å²) in [5.74, 6) is -0.641. The number of carbonyl (C=O) groups is 2. The van der Waals surface area contributed by atoms with Gasteiger partial charge in [-0.25, -0.2) is 28.2 Å². The van der Waals surface area contributed by atoms with Gasteiger partial charge in [0.2, 0.25) is 10.0 Å². The van der Waals surface area contributed by atoms with E-state index in [1.54, 1.807) is 13.8 Å². The van der Waals surface area contributed by atoms with Crippen molar-refractivity contribution in [2.24, 2.45) is 0 Å². The number of imidazole rings is 1. The van der Waals surface area contributed by atoms with Crippen molar-refractivity contribution in [3.8, 4) is 0 Å². The van der Waals surface area contributed by atoms with Crippen LogP contribution < -0.4 is 16.0 Å². The van der Waals surface area contributed by atoms with Crippen LogP contribution in [0.1, 0.15) is 28.3 Å². The summed E-state index contributed by atoms with van der Waals surface area (Å²) < 4.78 is 40.7. The average molecular weight is 564 g/mol. The summed E-state index contributed by atoms with van der Waals surface area (Å²) in [4.78, 5) is 37.4. The first-order valence-electron chi connectivity index (χ1n) is 12.8. The molecule has 0 radical (unpaired) electrons. The lowest BCUT2D eigenvalue weighted by atomic mass is 10.1. The van der Waals surface area contributed by atoms with Crippen molar-refractivity contribution in [1.82, 2.24) is 29.1 Å². The molecule has 15 nitrogen and oxygen atoms in total. The number of fused-ring (bicyclic) bond motifs is 1. The van der Waals surface area contributed by atoms with E-state index in [1.807, 2.05) is 0 Å². The van der Waals surface area contributed by atoms with Gasteiger partial charge in [-0.2, -0.15) is 4.31 Å². The lowest BCUT2D eigenvalue weighted by Crippen LogP contribution is -2.42. The quantitative estimate of drug-likeness (QED) is 0.240. The SMILES string of the molecule is [2H]CCNC(=O)[C@H]1OC(n2cnc3c(NC(=O)Nc4ccc(S(=O)(=O)N(CC)CC)cc4)ncnc32)[C@H](O)[C@@H]1O. The lowest BCUT2D eigenvalue weighted by Gasteiger charge is -2.18. The molecule has 3 aromatic rings. The molecule has 1 unspecified atom stereocenters. The smallest absolute Gasteiger partial charge is 0.324 e. The van der Waals surface area contributed by atoms with E-state index in [1.165, 1.54) is 39.5 Å². The number of nitrogens with zero attached hydrogens (tertiary/aromatic N) is 5. The van der Waals surface area contributed by atoms with Crippen LogP contribution in [0.2, 0.25) is 0 Å². The number of rotatable bonds is 9. The van der Waals surface area contributed by atoms with Crippen molar-refractivity contribution in [1.29, 1.82) is 0 Å². The van der Waals surface area contributed by atoms with E-state index >= 15 is 0 Å². The number of aromatic nitrogens is 4. The van der Waals surface area contributed by atoms with Gasteiger partial charge in [-0.3, -0.25) is 14.7 Å². The Morgan fingerprint density at radius 3 is 2.49 bits per heavy atom. The Morgan fingerprint density at radius 1 is 1.10 bits per heavy atom. The third-order valence-electron chi connectivity index (χ3n) is 6.12. The molecule has 16 heteroatoms. The maximum absolute atomic E-state index is 12.7. The van der Waals surface area contributed by atoms with Gasteiger partial charge in [0, 0.05) is 26.7 Å². The second kappa shape index (κ2) is 11.6. The van der Waals surface area contributed by atoms with Crippen LogP contribution in [0, 0.1) is 0 Å². The molecule has 0 spiro atoms. The van der Waals surface area contributed by atoms with Crippen LogP contribution in [0.25, 0.3) is 11.2 Å². The molecule has 3 amide bonds. The minimum absolute atomic E-state index is 0.0276. The number of hydrogen-bond acceptors (Lipinski definition) is 10. The fourth-order valence-electron chi connectivity index (χ4n) is 4.15. The monoisotopic (exact) mass is 563 g/mol. The van der Waals surface area contributed by atoms with Gasteiger partial charge in [0.05, 0.1) is 11.2 Å². The van der Waals surface area contributed by atoms with E-state index in [0.717, 1.165) is 6.33 Å². The Kier molecular flexibility index (Phi) is 7.99. The summed E-state index contributed by atoms with van der Waals surface area (Å²) in [6.45, 7) is 4.16. The molecule has 39 heavy (non-hydrogen) atoms. The second-order valence-electron chi connectivity index (χ2n) is 8.46. The van der Waals surface area contributed by atoms with Crippen LogP contribution in [-0.4, -0.2) is 92.3 Å². The maximum Gasteiger partial charge on any atom is 0.324 e. The van der Waals surface area contributed by atoms with Crippen LogP contribution in [0.15, 0.2) is 41.8 Å². The molecular weight excluding hydrogens is 532 g/mol. The minimum Gasteiger partial charge on any atom is -0.387 e. The molecule has 3 heterocycles. The van der Waals surface area contributed by atoms with Gasteiger partial charge in [0.15, 0.2) is 29.3 Å². The molecule has 4 rings (SSSR count). The molecule has 2 aromatic heterocycles. The van der Waals surface area contributed by atoms with E-state index < -0.39 is 46.5 Å². The minimum atomic E-state index is -3.64. The van der Waals surface area contributed by atoms with Gasteiger partial charge in [0.1, 0.15) is 18.5 Å². The number of amides is 3. The zero-order valence-corrected chi connectivity index (χ0v) is 22.0. The Hall–Kier alpha value is -3.70. The van der Waals surface area contributed by atoms with Crippen LogP contribution >= 0.6 is 0 Å². The predicted molar refractivity (Wildman–Crippen MR) is 139 cm³/mol. The Morgan fingerprint density at radius 2 is 1.82 bits per heavy atom. The number of urea groups is 1. The summed E-state index contributed by atoms with van der Waals surface area (Å²) in [6.07, 6.45) is -3.20. The molecule has 0 aliphatic carbocycles. The molecule has 5 N–H and O–H groups in total. The molecule has 1 aliphatic rings. The first kappa shape index (κ1) is 26.9. The van der Waals surface area contributed by atoms with E-state index in [2.05, 4.69) is 30.9 Å². The zero-order chi connectivity index (χ0) is 29.0. The van der Waals surface area contributed by atoms with Crippen molar-refractivity contribution in [3.05, 3.63) is 36.9 Å². The molecule has 1 aliphatic heterocycles. The van der Waals surface area contributed by atoms with E-state index in [-0.39, 0.29) is 35.3 Å². The number of nitrogens with one attached hydrogen (secondary N) is 3. The summed E-state index contributed by atoms with van der Waals surface area (Å²) in [5, 5.41) is 28.5. The number of aliphatic hydroxyl groups is 2. The summed E-state index contributed by atoms with van der Waals surface area (Å²) >= 11 is 0. The summed E-state index contributed by atoms with van der Waals surface area (Å²) in [6, 6.07) is 5.03. The predicted octanol–water partition coefficient (Wildman–Crippen LogP) is 0.256. The molecule has 1 saturated heterocycles. The lowest BCUT2D eigenvalue weighted by molar-refractivity contribution is -0.137. The summed E-state index contributed by atoms with van der Waals surface area (Å²) in [7, 11) is -3.64. The highest BCUT2D eigenvalue weighted by Crippen LogP contribution is 2.32. The standard InChI is InChI=1S/C23H30N8O7S/c1-4-24-21(34)18-16(32)17(33)22(38-18)31-12-27-15-19(25-11-26-20(15)31)29-23(35)28-13-7-9-14(10-8-13)39(36,37)30(5-2)6-3/h7-12,16-18,22,32-33H,4-6H2,1-3H3,(H,24,34)(H2,25,26,28,29,35)/t16-,17+,18-,22?/m0/s1/i1D. The van der Waals surface area contributed by atoms with Crippen molar-refractivity contribution >= 4 is 44.6 Å². The Labute approximate surface area is 225 Å². The van der Waals surface area contributed by atoms with Gasteiger partial charge >= 0.3 is 6.03 Å². The topological polar surface area (TPSA) is 201 Å². The van der Waals surface area contributed by atoms with Crippen molar-refractivity contribution in [2.45, 2.75) is 50.2 Å². The summed E-state index contributed by atoms with van der Waals surface area (Å²) in [5.41, 5.74) is 0.628. The van der Waals surface area contributed by atoms with Crippen molar-refractivity contribution in [3.63, 3.8) is 0 Å². The second-order valence-corrected chi connectivity index (χ2v) is 10.4. The number of sulfonamides is 1. The third kappa shape index (κ3) is 5.55. The first-order chi connectivity index (χ1) is 19.1. The van der Waals surface area contributed by atoms with Gasteiger partial charge in [-0.1, -0.05) is 13.8 Å².